The first-order chi connectivity index (χ1) is 12.3. The summed E-state index contributed by atoms with van der Waals surface area (Å²) >= 11 is 1.22. The van der Waals surface area contributed by atoms with Crippen LogP contribution in [0.2, 0.25) is 0 Å². The van der Waals surface area contributed by atoms with E-state index in [9.17, 15) is 18.4 Å². The van der Waals surface area contributed by atoms with Crippen molar-refractivity contribution in [3.05, 3.63) is 35.7 Å². The van der Waals surface area contributed by atoms with Crippen molar-refractivity contribution in [2.75, 3.05) is 0 Å². The Labute approximate surface area is 152 Å². The number of thioether (sulfide) groups is 1. The predicted octanol–water partition coefficient (Wildman–Crippen LogP) is 2.20. The fourth-order valence-electron chi connectivity index (χ4n) is 2.15. The second-order valence-corrected chi connectivity index (χ2v) is 6.76. The number of alkyl halides is 2. The molecule has 2 aromatic rings. The third kappa shape index (κ3) is 5.25. The van der Waals surface area contributed by atoms with Gasteiger partial charge in [0.05, 0.1) is 5.25 Å². The number of rotatable bonds is 9. The van der Waals surface area contributed by atoms with Gasteiger partial charge in [0.15, 0.2) is 10.9 Å². The molecule has 0 aliphatic carbocycles. The van der Waals surface area contributed by atoms with Crippen molar-refractivity contribution in [1.29, 1.82) is 0 Å². The lowest BCUT2D eigenvalue weighted by Crippen LogP contribution is -2.15. The summed E-state index contributed by atoms with van der Waals surface area (Å²) < 4.78 is 30.3. The molecule has 0 saturated heterocycles. The third-order valence-electron chi connectivity index (χ3n) is 3.54. The minimum atomic E-state index is -2.91. The molecule has 0 bridgehead atoms. The highest BCUT2D eigenvalue weighted by Gasteiger charge is 2.20. The molecule has 2 rings (SSSR count). The first-order valence-corrected chi connectivity index (χ1v) is 8.58. The largest absolute Gasteiger partial charge is 0.435 e. The molecule has 0 saturated carbocycles. The number of ketones is 1. The molecule has 26 heavy (non-hydrogen) atoms. The number of carbonyl (C=O) groups is 2. The minimum absolute atomic E-state index is 0.00995. The Bertz CT molecular complexity index is 780. The van der Waals surface area contributed by atoms with E-state index in [2.05, 4.69) is 14.9 Å². The van der Waals surface area contributed by atoms with Crippen LogP contribution >= 0.6 is 11.8 Å². The second-order valence-electron chi connectivity index (χ2n) is 5.45. The maximum Gasteiger partial charge on any atom is 0.387 e. The molecular formula is C16H18F2N4O3S. The topological polar surface area (TPSA) is 100 Å². The number of hydrogen-bond donors (Lipinski definition) is 1. The van der Waals surface area contributed by atoms with E-state index in [1.165, 1.54) is 36.0 Å². The molecule has 1 heterocycles. The molecule has 0 radical (unpaired) electrons. The minimum Gasteiger partial charge on any atom is -0.435 e. The van der Waals surface area contributed by atoms with E-state index in [0.717, 1.165) is 0 Å². The van der Waals surface area contributed by atoms with E-state index < -0.39 is 17.8 Å². The van der Waals surface area contributed by atoms with Crippen LogP contribution < -0.4 is 10.5 Å². The van der Waals surface area contributed by atoms with E-state index in [1.807, 2.05) is 0 Å². The van der Waals surface area contributed by atoms with Crippen LogP contribution in [0.5, 0.6) is 5.75 Å². The number of hydrogen-bond acceptors (Lipinski definition) is 6. The normalized spacial score (nSPS) is 12.2. The van der Waals surface area contributed by atoms with Gasteiger partial charge in [0, 0.05) is 25.5 Å². The van der Waals surface area contributed by atoms with Gasteiger partial charge < -0.3 is 15.0 Å². The molecule has 0 aliphatic heterocycles. The number of primary amides is 1. The number of nitrogens with two attached hydrogens (primary N) is 1. The molecular weight excluding hydrogens is 366 g/mol. The Morgan fingerprint density at radius 1 is 1.27 bits per heavy atom. The molecule has 10 heteroatoms. The zero-order valence-electron chi connectivity index (χ0n) is 14.2. The zero-order chi connectivity index (χ0) is 19.3. The van der Waals surface area contributed by atoms with E-state index in [0.29, 0.717) is 23.0 Å². The molecule has 140 valence electrons. The van der Waals surface area contributed by atoms with Crippen LogP contribution in [0.15, 0.2) is 29.4 Å². The summed E-state index contributed by atoms with van der Waals surface area (Å²) in [5.74, 6) is -0.0194. The maximum atomic E-state index is 12.5. The maximum absolute atomic E-state index is 12.5. The van der Waals surface area contributed by atoms with Crippen LogP contribution in [-0.2, 0) is 18.3 Å². The average molecular weight is 384 g/mol. The number of Topliss-reactive ketones (excluding diaryl/α,β-unsaturated/α-hetero) is 1. The van der Waals surface area contributed by atoms with Crippen molar-refractivity contribution in [3.8, 4) is 5.75 Å². The Kier molecular flexibility index (Phi) is 6.67. The van der Waals surface area contributed by atoms with Crippen LogP contribution in [0.4, 0.5) is 8.78 Å². The van der Waals surface area contributed by atoms with E-state index >= 15 is 0 Å². The fourth-order valence-corrected chi connectivity index (χ4v) is 3.06. The van der Waals surface area contributed by atoms with Gasteiger partial charge in [-0.3, -0.25) is 9.59 Å². The first-order valence-electron chi connectivity index (χ1n) is 7.70. The van der Waals surface area contributed by atoms with Crippen molar-refractivity contribution in [1.82, 2.24) is 14.8 Å². The number of nitrogens with zero attached hydrogens (tertiary/aromatic N) is 3. The SMILES string of the molecule is C[C@H](Sc1nnc(CCC(N)=O)n1C)C(=O)c1ccc(OC(F)F)cc1. The standard InChI is InChI=1S/C16H18F2N4O3S/c1-9(14(24)10-3-5-11(6-4-10)25-15(17)18)26-16-21-20-13(22(16)2)8-7-12(19)23/h3-6,9,15H,7-8H2,1-2H3,(H2,19,23)/t9-/m0/s1. The highest BCUT2D eigenvalue weighted by molar-refractivity contribution is 8.00. The summed E-state index contributed by atoms with van der Waals surface area (Å²) in [5.41, 5.74) is 5.50. The van der Waals surface area contributed by atoms with Gasteiger partial charge in [-0.05, 0) is 31.2 Å². The Hall–Kier alpha value is -2.49. The smallest absolute Gasteiger partial charge is 0.387 e. The summed E-state index contributed by atoms with van der Waals surface area (Å²) in [6.07, 6.45) is 0.533. The van der Waals surface area contributed by atoms with E-state index in [-0.39, 0.29) is 18.0 Å². The second kappa shape index (κ2) is 8.75. The van der Waals surface area contributed by atoms with Crippen LogP contribution in [0.1, 0.15) is 29.5 Å². The summed E-state index contributed by atoms with van der Waals surface area (Å²) in [4.78, 5) is 23.3. The van der Waals surface area contributed by atoms with Gasteiger partial charge in [-0.1, -0.05) is 11.8 Å². The Morgan fingerprint density at radius 3 is 2.50 bits per heavy atom. The first kappa shape index (κ1) is 19.8. The van der Waals surface area contributed by atoms with Gasteiger partial charge in [0.1, 0.15) is 11.6 Å². The van der Waals surface area contributed by atoms with Crippen LogP contribution in [0.25, 0.3) is 0 Å². The summed E-state index contributed by atoms with van der Waals surface area (Å²) in [5, 5.41) is 8.08. The van der Waals surface area contributed by atoms with Gasteiger partial charge in [0.25, 0.3) is 0 Å². The van der Waals surface area contributed by atoms with Gasteiger partial charge >= 0.3 is 6.61 Å². The highest BCUT2D eigenvalue weighted by atomic mass is 32.2. The highest BCUT2D eigenvalue weighted by Crippen LogP contribution is 2.25. The lowest BCUT2D eigenvalue weighted by Gasteiger charge is -2.11. The summed E-state index contributed by atoms with van der Waals surface area (Å²) in [6, 6.07) is 5.51. The van der Waals surface area contributed by atoms with Crippen LogP contribution in [-0.4, -0.2) is 38.3 Å². The number of ether oxygens (including phenoxy) is 1. The Balaban J connectivity index is 2.01. The van der Waals surface area contributed by atoms with Gasteiger partial charge in [-0.25, -0.2) is 0 Å². The molecule has 1 aromatic carbocycles. The number of benzene rings is 1. The van der Waals surface area contributed by atoms with Crippen LogP contribution in [0, 0.1) is 0 Å². The number of carbonyl (C=O) groups excluding carboxylic acids is 2. The van der Waals surface area contributed by atoms with E-state index in [1.54, 1.807) is 18.5 Å². The monoisotopic (exact) mass is 384 g/mol. The molecule has 0 spiro atoms. The van der Waals surface area contributed by atoms with Gasteiger partial charge in [0.2, 0.25) is 5.91 Å². The number of aryl methyl sites for hydroxylation is 1. The molecule has 0 fully saturated rings. The number of amides is 1. The number of halogens is 2. The lowest BCUT2D eigenvalue weighted by atomic mass is 10.1. The summed E-state index contributed by atoms with van der Waals surface area (Å²) in [6.45, 7) is -1.19. The molecule has 1 amide bonds. The number of aromatic nitrogens is 3. The molecule has 2 N–H and O–H groups in total. The molecule has 0 aliphatic rings. The van der Waals surface area contributed by atoms with Crippen LogP contribution in [0.3, 0.4) is 0 Å². The quantitative estimate of drug-likeness (QED) is 0.525. The lowest BCUT2D eigenvalue weighted by molar-refractivity contribution is -0.118. The molecule has 1 aromatic heterocycles. The van der Waals surface area contributed by atoms with E-state index in [4.69, 9.17) is 5.73 Å². The van der Waals surface area contributed by atoms with Crippen molar-refractivity contribution in [2.45, 2.75) is 36.8 Å². The molecule has 7 nitrogen and oxygen atoms in total. The van der Waals surface area contributed by atoms with Crippen molar-refractivity contribution >= 4 is 23.5 Å². The summed E-state index contributed by atoms with van der Waals surface area (Å²) in [7, 11) is 1.74. The van der Waals surface area contributed by atoms with Crippen molar-refractivity contribution < 1.29 is 23.1 Å². The van der Waals surface area contributed by atoms with Gasteiger partial charge in [-0.2, -0.15) is 8.78 Å². The zero-order valence-corrected chi connectivity index (χ0v) is 15.0. The van der Waals surface area contributed by atoms with Crippen molar-refractivity contribution in [3.63, 3.8) is 0 Å². The average Bonchev–Trinajstić information content (AvgIpc) is 2.92. The Morgan fingerprint density at radius 2 is 1.92 bits per heavy atom. The molecule has 1 atom stereocenters. The van der Waals surface area contributed by atoms with Crippen molar-refractivity contribution in [2.24, 2.45) is 12.8 Å². The molecule has 0 unspecified atom stereocenters. The predicted molar refractivity (Wildman–Crippen MR) is 91.2 cm³/mol. The third-order valence-corrected chi connectivity index (χ3v) is 4.67. The van der Waals surface area contributed by atoms with Gasteiger partial charge in [-0.15, -0.1) is 10.2 Å². The fraction of sp³-hybridized carbons (Fsp3) is 0.375.